The van der Waals surface area contributed by atoms with E-state index in [0.717, 1.165) is 30.8 Å². The van der Waals surface area contributed by atoms with Crippen LogP contribution in [0.2, 0.25) is 0 Å². The van der Waals surface area contributed by atoms with E-state index in [1.807, 2.05) is 23.1 Å². The highest BCUT2D eigenvalue weighted by Gasteiger charge is 2.22. The van der Waals surface area contributed by atoms with Crippen molar-refractivity contribution < 1.29 is 9.53 Å². The first-order chi connectivity index (χ1) is 8.48. The molecule has 2 rings (SSSR count). The van der Waals surface area contributed by atoms with Crippen molar-refractivity contribution in [2.45, 2.75) is 32.6 Å². The molecule has 0 N–H and O–H groups in total. The van der Waals surface area contributed by atoms with Gasteiger partial charge in [0.05, 0.1) is 0 Å². The third-order valence-corrected chi connectivity index (χ3v) is 3.25. The summed E-state index contributed by atoms with van der Waals surface area (Å²) in [6.07, 6.45) is 1.12. The highest BCUT2D eigenvalue weighted by Crippen LogP contribution is 2.30. The molecule has 0 bridgehead atoms. The molecular weight excluding hydrogens is 226 g/mol. The van der Waals surface area contributed by atoms with Gasteiger partial charge in [-0.25, -0.2) is 0 Å². The number of para-hydroxylation sites is 1. The van der Waals surface area contributed by atoms with Crippen LogP contribution < -0.4 is 4.74 Å². The van der Waals surface area contributed by atoms with Crippen LogP contribution >= 0.6 is 0 Å². The molecular formula is C15H21NO2. The molecule has 1 heterocycles. The van der Waals surface area contributed by atoms with Gasteiger partial charge in [0.2, 0.25) is 0 Å². The molecule has 1 saturated heterocycles. The van der Waals surface area contributed by atoms with E-state index in [4.69, 9.17) is 4.74 Å². The third kappa shape index (κ3) is 2.84. The summed E-state index contributed by atoms with van der Waals surface area (Å²) in [5.41, 5.74) is 1.16. The Balaban J connectivity index is 2.02. The molecule has 0 atom stereocenters. The number of ether oxygens (including phenoxy) is 1. The minimum absolute atomic E-state index is 0.0242. The predicted molar refractivity (Wildman–Crippen MR) is 71.8 cm³/mol. The van der Waals surface area contributed by atoms with Crippen molar-refractivity contribution in [2.24, 2.45) is 0 Å². The number of likely N-dealkylation sites (tertiary alicyclic amines) is 1. The fourth-order valence-electron chi connectivity index (χ4n) is 2.01. The first-order valence-electron chi connectivity index (χ1n) is 6.48. The molecule has 0 aliphatic carbocycles. The summed E-state index contributed by atoms with van der Waals surface area (Å²) in [6, 6.07) is 7.94. The normalized spacial score (nSPS) is 15.2. The van der Waals surface area contributed by atoms with Crippen LogP contribution in [0.1, 0.15) is 32.8 Å². The lowest BCUT2D eigenvalue weighted by Crippen LogP contribution is -2.44. The van der Waals surface area contributed by atoms with E-state index in [1.54, 1.807) is 0 Å². The van der Waals surface area contributed by atoms with E-state index in [1.165, 1.54) is 0 Å². The molecule has 3 heteroatoms. The lowest BCUT2D eigenvalue weighted by atomic mass is 9.86. The van der Waals surface area contributed by atoms with Crippen molar-refractivity contribution in [1.82, 2.24) is 4.90 Å². The number of carbonyl (C=O) groups excluding carboxylic acids is 1. The molecule has 1 aromatic carbocycles. The topological polar surface area (TPSA) is 29.5 Å². The van der Waals surface area contributed by atoms with Crippen LogP contribution in [0.15, 0.2) is 24.3 Å². The number of rotatable bonds is 3. The molecule has 98 valence electrons. The van der Waals surface area contributed by atoms with Gasteiger partial charge in [-0.15, -0.1) is 0 Å². The number of hydrogen-bond acceptors (Lipinski definition) is 2. The molecule has 1 fully saturated rings. The molecule has 0 saturated carbocycles. The maximum Gasteiger partial charge on any atom is 0.260 e. The van der Waals surface area contributed by atoms with Gasteiger partial charge in [-0.2, -0.15) is 0 Å². The van der Waals surface area contributed by atoms with Crippen LogP contribution in [0, 0.1) is 0 Å². The fraction of sp³-hybridized carbons (Fsp3) is 0.533. The van der Waals surface area contributed by atoms with Crippen LogP contribution in [-0.2, 0) is 10.2 Å². The fourth-order valence-corrected chi connectivity index (χ4v) is 2.01. The summed E-state index contributed by atoms with van der Waals surface area (Å²) in [7, 11) is 0. The predicted octanol–water partition coefficient (Wildman–Crippen LogP) is 2.60. The monoisotopic (exact) mass is 247 g/mol. The van der Waals surface area contributed by atoms with Crippen LogP contribution in [0.3, 0.4) is 0 Å². The third-order valence-electron chi connectivity index (χ3n) is 3.25. The van der Waals surface area contributed by atoms with Crippen molar-refractivity contribution in [3.63, 3.8) is 0 Å². The Morgan fingerprint density at radius 1 is 1.28 bits per heavy atom. The van der Waals surface area contributed by atoms with E-state index in [-0.39, 0.29) is 17.9 Å². The minimum Gasteiger partial charge on any atom is -0.483 e. The molecule has 18 heavy (non-hydrogen) atoms. The van der Waals surface area contributed by atoms with E-state index >= 15 is 0 Å². The summed E-state index contributed by atoms with van der Waals surface area (Å²) in [5.74, 6) is 0.906. The molecule has 0 radical (unpaired) electrons. The van der Waals surface area contributed by atoms with Gasteiger partial charge in [0.15, 0.2) is 6.61 Å². The molecule has 1 aliphatic heterocycles. The summed E-state index contributed by atoms with van der Waals surface area (Å²) in [6.45, 7) is 8.34. The van der Waals surface area contributed by atoms with Crippen molar-refractivity contribution >= 4 is 5.91 Å². The maximum atomic E-state index is 11.8. The van der Waals surface area contributed by atoms with E-state index in [2.05, 4.69) is 26.8 Å². The summed E-state index contributed by atoms with van der Waals surface area (Å²) in [5, 5.41) is 0. The van der Waals surface area contributed by atoms with Gasteiger partial charge in [-0.3, -0.25) is 4.79 Å². The zero-order chi connectivity index (χ0) is 13.2. The largest absolute Gasteiger partial charge is 0.483 e. The standard InChI is InChI=1S/C15H21NO2/c1-15(2,3)12-7-4-5-8-13(12)18-11-14(17)16-9-6-10-16/h4-5,7-8H,6,9-11H2,1-3H3. The molecule has 1 aromatic rings. The lowest BCUT2D eigenvalue weighted by Gasteiger charge is -2.31. The lowest BCUT2D eigenvalue weighted by molar-refractivity contribution is -0.136. The number of benzene rings is 1. The van der Waals surface area contributed by atoms with Gasteiger partial charge < -0.3 is 9.64 Å². The van der Waals surface area contributed by atoms with Crippen LogP contribution in [-0.4, -0.2) is 30.5 Å². The average Bonchev–Trinajstić information content (AvgIpc) is 2.23. The van der Waals surface area contributed by atoms with Crippen LogP contribution in [0.25, 0.3) is 0 Å². The Kier molecular flexibility index (Phi) is 3.60. The Morgan fingerprint density at radius 3 is 2.50 bits per heavy atom. The van der Waals surface area contributed by atoms with Crippen molar-refractivity contribution in [1.29, 1.82) is 0 Å². The average molecular weight is 247 g/mol. The van der Waals surface area contributed by atoms with Gasteiger partial charge >= 0.3 is 0 Å². The quantitative estimate of drug-likeness (QED) is 0.821. The van der Waals surface area contributed by atoms with Crippen molar-refractivity contribution in [2.75, 3.05) is 19.7 Å². The zero-order valence-corrected chi connectivity index (χ0v) is 11.4. The molecule has 3 nitrogen and oxygen atoms in total. The first kappa shape index (κ1) is 12.9. The maximum absolute atomic E-state index is 11.8. The number of nitrogens with zero attached hydrogens (tertiary/aromatic N) is 1. The molecule has 1 amide bonds. The van der Waals surface area contributed by atoms with Gasteiger partial charge in [0, 0.05) is 13.1 Å². The number of carbonyl (C=O) groups is 1. The van der Waals surface area contributed by atoms with Gasteiger partial charge in [0.1, 0.15) is 5.75 Å². The second kappa shape index (κ2) is 5.01. The zero-order valence-electron chi connectivity index (χ0n) is 11.4. The Hall–Kier alpha value is -1.51. The second-order valence-corrected chi connectivity index (χ2v) is 5.77. The highest BCUT2D eigenvalue weighted by atomic mass is 16.5. The molecule has 0 aromatic heterocycles. The van der Waals surface area contributed by atoms with Crippen molar-refractivity contribution in [3.05, 3.63) is 29.8 Å². The first-order valence-corrected chi connectivity index (χ1v) is 6.48. The molecule has 0 unspecified atom stereocenters. The Bertz CT molecular complexity index is 430. The Morgan fingerprint density at radius 2 is 1.94 bits per heavy atom. The second-order valence-electron chi connectivity index (χ2n) is 5.77. The smallest absolute Gasteiger partial charge is 0.260 e. The SMILES string of the molecule is CC(C)(C)c1ccccc1OCC(=O)N1CCC1. The van der Waals surface area contributed by atoms with Gasteiger partial charge in [-0.05, 0) is 23.5 Å². The van der Waals surface area contributed by atoms with Crippen molar-refractivity contribution in [3.8, 4) is 5.75 Å². The molecule has 1 aliphatic rings. The van der Waals surface area contributed by atoms with E-state index in [0.29, 0.717) is 0 Å². The van der Waals surface area contributed by atoms with Crippen LogP contribution in [0.4, 0.5) is 0 Å². The summed E-state index contributed by atoms with van der Waals surface area (Å²) >= 11 is 0. The van der Waals surface area contributed by atoms with E-state index in [9.17, 15) is 4.79 Å². The van der Waals surface area contributed by atoms with Gasteiger partial charge in [-0.1, -0.05) is 39.0 Å². The number of hydrogen-bond donors (Lipinski definition) is 0. The van der Waals surface area contributed by atoms with Gasteiger partial charge in [0.25, 0.3) is 5.91 Å². The molecule has 0 spiro atoms. The highest BCUT2D eigenvalue weighted by molar-refractivity contribution is 5.78. The van der Waals surface area contributed by atoms with Crippen LogP contribution in [0.5, 0.6) is 5.75 Å². The number of amides is 1. The Labute approximate surface area is 109 Å². The van der Waals surface area contributed by atoms with E-state index < -0.39 is 0 Å². The summed E-state index contributed by atoms with van der Waals surface area (Å²) < 4.78 is 5.69. The summed E-state index contributed by atoms with van der Waals surface area (Å²) in [4.78, 5) is 13.6. The minimum atomic E-state index is 0.0242.